The minimum atomic E-state index is 0.394. The molecule has 0 N–H and O–H groups in total. The third kappa shape index (κ3) is 2.84. The predicted molar refractivity (Wildman–Crippen MR) is 130 cm³/mol. The summed E-state index contributed by atoms with van der Waals surface area (Å²) in [5.74, 6) is 2.64. The number of carbonyl (C=O) groups is 1. The summed E-state index contributed by atoms with van der Waals surface area (Å²) < 4.78 is 0. The average molecular weight is 417 g/mol. The van der Waals surface area contributed by atoms with Crippen LogP contribution >= 0.6 is 0 Å². The molecule has 0 saturated heterocycles. The Bertz CT molecular complexity index is 964. The van der Waals surface area contributed by atoms with Crippen molar-refractivity contribution in [2.45, 2.75) is 86.0 Å². The second-order valence-corrected chi connectivity index (χ2v) is 12.0. The van der Waals surface area contributed by atoms with Crippen LogP contribution in [-0.4, -0.2) is 6.29 Å². The molecule has 0 aliphatic heterocycles. The summed E-state index contributed by atoms with van der Waals surface area (Å²) in [5, 5.41) is 0. The predicted octanol–water partition coefficient (Wildman–Crippen LogP) is 7.91. The first-order valence-electron chi connectivity index (χ1n) is 12.7. The van der Waals surface area contributed by atoms with Gasteiger partial charge in [-0.1, -0.05) is 57.6 Å². The minimum absolute atomic E-state index is 0.394. The molecule has 1 heteroatoms. The van der Waals surface area contributed by atoms with Crippen molar-refractivity contribution in [3.63, 3.8) is 0 Å². The molecule has 0 unspecified atom stereocenters. The number of hydrogen-bond donors (Lipinski definition) is 0. The van der Waals surface area contributed by atoms with Crippen LogP contribution in [0.5, 0.6) is 0 Å². The molecule has 3 fully saturated rings. The molecule has 166 valence electrons. The molecule has 0 radical (unpaired) electrons. The van der Waals surface area contributed by atoms with E-state index in [1.165, 1.54) is 67.2 Å². The van der Waals surface area contributed by atoms with E-state index in [4.69, 9.17) is 0 Å². The fourth-order valence-corrected chi connectivity index (χ4v) is 8.46. The number of aldehydes is 1. The summed E-state index contributed by atoms with van der Waals surface area (Å²) in [7, 11) is 0. The highest BCUT2D eigenvalue weighted by Gasteiger charge is 2.63. The van der Waals surface area contributed by atoms with Gasteiger partial charge in [0.1, 0.15) is 0 Å². The van der Waals surface area contributed by atoms with E-state index in [1.807, 2.05) is 0 Å². The molecule has 0 aromatic carbocycles. The molecular weight excluding hydrogens is 376 g/mol. The first-order valence-corrected chi connectivity index (χ1v) is 12.7. The summed E-state index contributed by atoms with van der Waals surface area (Å²) >= 11 is 0. The van der Waals surface area contributed by atoms with E-state index in [2.05, 4.69) is 53.3 Å². The van der Waals surface area contributed by atoms with Gasteiger partial charge >= 0.3 is 0 Å². The zero-order chi connectivity index (χ0) is 22.1. The van der Waals surface area contributed by atoms with Gasteiger partial charge in [0.2, 0.25) is 0 Å². The molecule has 31 heavy (non-hydrogen) atoms. The maximum absolute atomic E-state index is 12.3. The molecule has 0 heterocycles. The Morgan fingerprint density at radius 1 is 1.13 bits per heavy atom. The largest absolute Gasteiger partial charge is 0.298 e. The second-order valence-electron chi connectivity index (χ2n) is 12.0. The van der Waals surface area contributed by atoms with Crippen LogP contribution in [0, 0.1) is 34.5 Å². The summed E-state index contributed by atoms with van der Waals surface area (Å²) in [4.78, 5) is 12.3. The van der Waals surface area contributed by atoms with E-state index in [1.54, 1.807) is 11.1 Å². The molecule has 5 aliphatic carbocycles. The minimum Gasteiger partial charge on any atom is -0.298 e. The fraction of sp³-hybridized carbons (Fsp3) is 0.633. The van der Waals surface area contributed by atoms with E-state index in [9.17, 15) is 4.79 Å². The zero-order valence-corrected chi connectivity index (χ0v) is 20.3. The number of allylic oxidation sites excluding steroid dienone is 9. The number of fused-ring (bicyclic) bond motifs is 2. The van der Waals surface area contributed by atoms with Crippen LogP contribution in [0.15, 0.2) is 57.7 Å². The van der Waals surface area contributed by atoms with Crippen molar-refractivity contribution >= 4 is 6.29 Å². The van der Waals surface area contributed by atoms with E-state index in [0.717, 1.165) is 30.1 Å². The maximum atomic E-state index is 12.3. The molecule has 0 amide bonds. The van der Waals surface area contributed by atoms with Gasteiger partial charge in [0.15, 0.2) is 6.29 Å². The van der Waals surface area contributed by atoms with Crippen molar-refractivity contribution in [1.29, 1.82) is 0 Å². The smallest absolute Gasteiger partial charge is 0.150 e. The molecule has 0 aromatic heterocycles. The molecule has 5 atom stereocenters. The lowest BCUT2D eigenvalue weighted by Crippen LogP contribution is -2.44. The molecule has 1 spiro atoms. The van der Waals surface area contributed by atoms with Gasteiger partial charge in [-0.2, -0.15) is 0 Å². The van der Waals surface area contributed by atoms with Gasteiger partial charge in [-0.05, 0) is 110 Å². The van der Waals surface area contributed by atoms with Crippen molar-refractivity contribution < 1.29 is 4.79 Å². The van der Waals surface area contributed by atoms with Gasteiger partial charge < -0.3 is 0 Å². The third-order valence-electron chi connectivity index (χ3n) is 10.5. The highest BCUT2D eigenvalue weighted by molar-refractivity contribution is 5.88. The van der Waals surface area contributed by atoms with Gasteiger partial charge in [-0.3, -0.25) is 4.79 Å². The van der Waals surface area contributed by atoms with Crippen LogP contribution in [0.25, 0.3) is 0 Å². The van der Waals surface area contributed by atoms with Crippen molar-refractivity contribution in [3.8, 4) is 0 Å². The monoisotopic (exact) mass is 416 g/mol. The van der Waals surface area contributed by atoms with Crippen molar-refractivity contribution in [2.24, 2.45) is 34.5 Å². The Hall–Kier alpha value is -1.63. The molecular formula is C30H40O. The van der Waals surface area contributed by atoms with Gasteiger partial charge in [-0.15, -0.1) is 0 Å². The quantitative estimate of drug-likeness (QED) is 0.337. The van der Waals surface area contributed by atoms with Gasteiger partial charge in [-0.25, -0.2) is 0 Å². The first-order chi connectivity index (χ1) is 14.7. The molecule has 3 saturated carbocycles. The number of carbonyl (C=O) groups excluding carboxylic acids is 1. The van der Waals surface area contributed by atoms with Gasteiger partial charge in [0, 0.05) is 11.0 Å². The molecule has 5 aliphatic rings. The van der Waals surface area contributed by atoms with E-state index >= 15 is 0 Å². The van der Waals surface area contributed by atoms with E-state index in [0.29, 0.717) is 22.7 Å². The van der Waals surface area contributed by atoms with Crippen molar-refractivity contribution in [3.05, 3.63) is 57.7 Å². The lowest BCUT2D eigenvalue weighted by molar-refractivity contribution is -0.104. The Labute approximate surface area is 189 Å². The zero-order valence-electron chi connectivity index (χ0n) is 20.3. The number of hydrogen-bond acceptors (Lipinski definition) is 1. The van der Waals surface area contributed by atoms with Crippen LogP contribution in [0.1, 0.15) is 86.0 Å². The van der Waals surface area contributed by atoms with Crippen molar-refractivity contribution in [2.75, 3.05) is 0 Å². The molecule has 2 bridgehead atoms. The summed E-state index contributed by atoms with van der Waals surface area (Å²) in [5.41, 5.74) is 10.3. The summed E-state index contributed by atoms with van der Waals surface area (Å²) in [6.45, 7) is 16.3. The normalized spacial score (nSPS) is 40.0. The van der Waals surface area contributed by atoms with Crippen LogP contribution in [0.3, 0.4) is 0 Å². The maximum Gasteiger partial charge on any atom is 0.150 e. The molecule has 0 aromatic rings. The lowest BCUT2D eigenvalue weighted by atomic mass is 9.53. The first kappa shape index (κ1) is 21.2. The number of rotatable bonds is 3. The second kappa shape index (κ2) is 7.19. The Morgan fingerprint density at radius 2 is 1.90 bits per heavy atom. The van der Waals surface area contributed by atoms with Crippen LogP contribution in [0.4, 0.5) is 0 Å². The Kier molecular flexibility index (Phi) is 4.92. The highest BCUT2D eigenvalue weighted by atomic mass is 16.1. The Morgan fingerprint density at radius 3 is 2.61 bits per heavy atom. The third-order valence-corrected chi connectivity index (χ3v) is 10.5. The lowest BCUT2D eigenvalue weighted by Gasteiger charge is -2.51. The average Bonchev–Trinajstić information content (AvgIpc) is 3.23. The topological polar surface area (TPSA) is 17.1 Å². The summed E-state index contributed by atoms with van der Waals surface area (Å²) in [6, 6.07) is 0. The van der Waals surface area contributed by atoms with Crippen molar-refractivity contribution in [1.82, 2.24) is 0 Å². The fourth-order valence-electron chi connectivity index (χ4n) is 8.46. The van der Waals surface area contributed by atoms with Gasteiger partial charge in [0.05, 0.1) is 0 Å². The van der Waals surface area contributed by atoms with E-state index in [-0.39, 0.29) is 0 Å². The summed E-state index contributed by atoms with van der Waals surface area (Å²) in [6.07, 6.45) is 15.9. The molecule has 1 nitrogen and oxygen atoms in total. The Balaban J connectivity index is 1.59. The van der Waals surface area contributed by atoms with Crippen LogP contribution in [0.2, 0.25) is 0 Å². The van der Waals surface area contributed by atoms with Gasteiger partial charge in [0.25, 0.3) is 0 Å². The SMILES string of the molecule is C=C(C)[C@@H]1CC[C@@H](C)C2=C/C(=C\C3=C4C[C@H]5CC[C@@H](C)[C@]4(CC3)C5(C)C)C(C=O)=C2C1. The highest BCUT2D eigenvalue weighted by Crippen LogP contribution is 2.72. The molecule has 5 rings (SSSR count). The van der Waals surface area contributed by atoms with Crippen LogP contribution < -0.4 is 0 Å². The van der Waals surface area contributed by atoms with E-state index < -0.39 is 0 Å². The van der Waals surface area contributed by atoms with Crippen LogP contribution in [-0.2, 0) is 4.79 Å². The standard InChI is InChI=1S/C30H40O/c1-18(2)21-9-7-19(3)25-15-23(27(17-31)26(25)14-21)13-22-11-12-30-20(4)8-10-24(16-28(22)30)29(30,5)6/h13,15,17,19-21,24H,1,7-12,14,16H2,2-6H3/b23-13+/t19-,20-,21-,24-,30+/m1/s1.